The number of carbonyl (C=O) groups excluding carboxylic acids is 2. The van der Waals surface area contributed by atoms with Crippen LogP contribution in [0.4, 0.5) is 4.79 Å². The molecule has 1 aromatic heterocycles. The maximum Gasteiger partial charge on any atom is 0.418 e. The summed E-state index contributed by atoms with van der Waals surface area (Å²) < 4.78 is 10.8. The summed E-state index contributed by atoms with van der Waals surface area (Å²) in [5.74, 6) is -1.12. The van der Waals surface area contributed by atoms with E-state index in [2.05, 4.69) is 0 Å². The van der Waals surface area contributed by atoms with Gasteiger partial charge in [-0.05, 0) is 25.1 Å². The molecule has 2 rings (SSSR count). The summed E-state index contributed by atoms with van der Waals surface area (Å²) in [6.07, 6.45) is -0.639. The fraction of sp³-hybridized carbons (Fsp3) is 0.286. The van der Waals surface area contributed by atoms with Crippen molar-refractivity contribution in [1.82, 2.24) is 4.57 Å². The molecule has 0 fully saturated rings. The number of fused-ring (bicyclic) bond motifs is 1. The molecule has 112 valence electrons. The zero-order valence-electron chi connectivity index (χ0n) is 11.6. The number of hydrogen-bond acceptors (Lipinski definition) is 4. The number of hydrogen-bond donors (Lipinski definition) is 0. The summed E-state index contributed by atoms with van der Waals surface area (Å²) >= 11 is 12.1. The topological polar surface area (TPSA) is 57.5 Å². The SMILES string of the molecule is COC(=O)C(C)c1cc2cc(Cl)cc(Cl)c2n1C(=O)OC. The summed E-state index contributed by atoms with van der Waals surface area (Å²) in [5, 5.41) is 1.38. The monoisotopic (exact) mass is 329 g/mol. The molecule has 0 saturated heterocycles. The van der Waals surface area contributed by atoms with E-state index in [4.69, 9.17) is 32.7 Å². The third-order valence-corrected chi connectivity index (χ3v) is 3.70. The van der Waals surface area contributed by atoms with Crippen LogP contribution >= 0.6 is 23.2 Å². The largest absolute Gasteiger partial charge is 0.469 e. The van der Waals surface area contributed by atoms with Gasteiger partial charge in [-0.3, -0.25) is 4.79 Å². The lowest BCUT2D eigenvalue weighted by molar-refractivity contribution is -0.142. The van der Waals surface area contributed by atoms with Crippen LogP contribution in [0, 0.1) is 0 Å². The first-order valence-corrected chi connectivity index (χ1v) is 6.82. The van der Waals surface area contributed by atoms with Crippen molar-refractivity contribution in [3.05, 3.63) is 33.9 Å². The van der Waals surface area contributed by atoms with E-state index in [-0.39, 0.29) is 0 Å². The Morgan fingerprint density at radius 3 is 2.38 bits per heavy atom. The van der Waals surface area contributed by atoms with Crippen LogP contribution in [0.3, 0.4) is 0 Å². The Hall–Kier alpha value is -1.72. The highest BCUT2D eigenvalue weighted by Crippen LogP contribution is 2.33. The van der Waals surface area contributed by atoms with E-state index < -0.39 is 18.0 Å². The molecular weight excluding hydrogens is 317 g/mol. The number of carbonyl (C=O) groups is 2. The smallest absolute Gasteiger partial charge is 0.418 e. The Labute approximate surface area is 131 Å². The minimum atomic E-state index is -0.656. The maximum absolute atomic E-state index is 12.1. The third-order valence-electron chi connectivity index (χ3n) is 3.20. The highest BCUT2D eigenvalue weighted by atomic mass is 35.5. The van der Waals surface area contributed by atoms with Crippen LogP contribution in [0.5, 0.6) is 0 Å². The average Bonchev–Trinajstić information content (AvgIpc) is 2.84. The zero-order chi connectivity index (χ0) is 15.7. The quantitative estimate of drug-likeness (QED) is 0.785. The van der Waals surface area contributed by atoms with Crippen molar-refractivity contribution < 1.29 is 19.1 Å². The highest BCUT2D eigenvalue weighted by molar-refractivity contribution is 6.38. The fourth-order valence-electron chi connectivity index (χ4n) is 2.19. The van der Waals surface area contributed by atoms with Gasteiger partial charge in [0, 0.05) is 16.1 Å². The number of benzene rings is 1. The first kappa shape index (κ1) is 15.7. The molecule has 0 amide bonds. The number of esters is 1. The normalized spacial score (nSPS) is 12.2. The zero-order valence-corrected chi connectivity index (χ0v) is 13.2. The van der Waals surface area contributed by atoms with Gasteiger partial charge in [-0.25, -0.2) is 9.36 Å². The van der Waals surface area contributed by atoms with E-state index in [1.54, 1.807) is 19.1 Å². The van der Waals surface area contributed by atoms with Crippen LogP contribution in [-0.2, 0) is 14.3 Å². The first-order chi connectivity index (χ1) is 9.90. The molecule has 0 N–H and O–H groups in total. The standard InChI is InChI=1S/C14H13Cl2NO4/c1-7(13(18)20-2)11-5-8-4-9(15)6-10(16)12(8)17(11)14(19)21-3/h4-7H,1-3H3. The van der Waals surface area contributed by atoms with Gasteiger partial charge < -0.3 is 9.47 Å². The molecule has 1 unspecified atom stereocenters. The van der Waals surface area contributed by atoms with Crippen molar-refractivity contribution in [2.75, 3.05) is 14.2 Å². The predicted molar refractivity (Wildman–Crippen MR) is 80.2 cm³/mol. The molecule has 0 aliphatic rings. The molecule has 2 aromatic rings. The van der Waals surface area contributed by atoms with Crippen LogP contribution in [0.1, 0.15) is 18.5 Å². The number of halogens is 2. The number of methoxy groups -OCH3 is 2. The van der Waals surface area contributed by atoms with Crippen molar-refractivity contribution in [3.8, 4) is 0 Å². The Kier molecular flexibility index (Phi) is 4.44. The van der Waals surface area contributed by atoms with Gasteiger partial charge in [-0.15, -0.1) is 0 Å². The van der Waals surface area contributed by atoms with E-state index in [0.29, 0.717) is 26.6 Å². The molecule has 0 radical (unpaired) electrons. The predicted octanol–water partition coefficient (Wildman–Crippen LogP) is 3.84. The van der Waals surface area contributed by atoms with Crippen LogP contribution < -0.4 is 0 Å². The Morgan fingerprint density at radius 1 is 1.14 bits per heavy atom. The Morgan fingerprint density at radius 2 is 1.81 bits per heavy atom. The molecule has 1 aromatic carbocycles. The van der Waals surface area contributed by atoms with E-state index in [1.165, 1.54) is 24.9 Å². The fourth-order valence-corrected chi connectivity index (χ4v) is 2.78. The molecule has 0 aliphatic heterocycles. The van der Waals surface area contributed by atoms with Gasteiger partial charge in [0.15, 0.2) is 0 Å². The first-order valence-electron chi connectivity index (χ1n) is 6.07. The van der Waals surface area contributed by atoms with E-state index in [1.807, 2.05) is 0 Å². The van der Waals surface area contributed by atoms with E-state index in [0.717, 1.165) is 0 Å². The summed E-state index contributed by atoms with van der Waals surface area (Å²) in [5.41, 5.74) is 0.867. The van der Waals surface area contributed by atoms with Crippen LogP contribution in [0.15, 0.2) is 18.2 Å². The van der Waals surface area contributed by atoms with Gasteiger partial charge in [0.25, 0.3) is 0 Å². The number of ether oxygens (including phenoxy) is 2. The van der Waals surface area contributed by atoms with E-state index in [9.17, 15) is 9.59 Å². The molecule has 0 bridgehead atoms. The lowest BCUT2D eigenvalue weighted by Crippen LogP contribution is -2.20. The minimum Gasteiger partial charge on any atom is -0.469 e. The maximum atomic E-state index is 12.1. The number of rotatable bonds is 2. The minimum absolute atomic E-state index is 0.297. The van der Waals surface area contributed by atoms with Gasteiger partial charge in [-0.1, -0.05) is 23.2 Å². The molecule has 5 nitrogen and oxygen atoms in total. The second kappa shape index (κ2) is 5.95. The second-order valence-corrected chi connectivity index (χ2v) is 5.29. The van der Waals surface area contributed by atoms with Crippen LogP contribution in [0.25, 0.3) is 10.9 Å². The van der Waals surface area contributed by atoms with Crippen molar-refractivity contribution in [2.24, 2.45) is 0 Å². The van der Waals surface area contributed by atoms with Gasteiger partial charge in [-0.2, -0.15) is 0 Å². The molecule has 1 heterocycles. The van der Waals surface area contributed by atoms with Gasteiger partial charge in [0.1, 0.15) is 0 Å². The molecule has 7 heteroatoms. The van der Waals surface area contributed by atoms with Gasteiger partial charge in [0.05, 0.1) is 30.7 Å². The van der Waals surface area contributed by atoms with Crippen LogP contribution in [-0.4, -0.2) is 30.8 Å². The summed E-state index contributed by atoms with van der Waals surface area (Å²) in [6.45, 7) is 1.63. The van der Waals surface area contributed by atoms with Gasteiger partial charge >= 0.3 is 12.1 Å². The Balaban J connectivity index is 2.78. The average molecular weight is 330 g/mol. The third kappa shape index (κ3) is 2.71. The van der Waals surface area contributed by atoms with Gasteiger partial charge in [0.2, 0.25) is 0 Å². The van der Waals surface area contributed by atoms with Crippen molar-refractivity contribution in [1.29, 1.82) is 0 Å². The second-order valence-electron chi connectivity index (χ2n) is 4.44. The number of aromatic nitrogens is 1. The highest BCUT2D eigenvalue weighted by Gasteiger charge is 2.26. The molecule has 1 atom stereocenters. The molecule has 21 heavy (non-hydrogen) atoms. The van der Waals surface area contributed by atoms with Crippen LogP contribution in [0.2, 0.25) is 10.0 Å². The van der Waals surface area contributed by atoms with Crippen molar-refractivity contribution in [2.45, 2.75) is 12.8 Å². The summed E-state index contributed by atoms with van der Waals surface area (Å²) in [4.78, 5) is 23.8. The molecular formula is C14H13Cl2NO4. The summed E-state index contributed by atoms with van der Waals surface area (Å²) in [7, 11) is 2.54. The van der Waals surface area contributed by atoms with Crippen molar-refractivity contribution >= 4 is 46.2 Å². The van der Waals surface area contributed by atoms with E-state index >= 15 is 0 Å². The molecule has 0 spiro atoms. The summed E-state index contributed by atoms with van der Waals surface area (Å²) in [6, 6.07) is 4.86. The Bertz CT molecular complexity index is 723. The number of nitrogens with zero attached hydrogens (tertiary/aromatic N) is 1. The molecule has 0 aliphatic carbocycles. The lowest BCUT2D eigenvalue weighted by atomic mass is 10.1. The van der Waals surface area contributed by atoms with Crippen molar-refractivity contribution in [3.63, 3.8) is 0 Å². The molecule has 0 saturated carbocycles. The lowest BCUT2D eigenvalue weighted by Gasteiger charge is -2.13.